The van der Waals surface area contributed by atoms with Crippen LogP contribution in [0.4, 0.5) is 5.82 Å². The van der Waals surface area contributed by atoms with Crippen molar-refractivity contribution in [2.45, 2.75) is 26.8 Å². The van der Waals surface area contributed by atoms with E-state index in [0.29, 0.717) is 12.5 Å². The molecule has 1 unspecified atom stereocenters. The third kappa shape index (κ3) is 5.05. The van der Waals surface area contributed by atoms with Crippen molar-refractivity contribution in [3.8, 4) is 0 Å². The Bertz CT molecular complexity index is 485. The molecule has 0 fully saturated rings. The molecule has 0 aliphatic heterocycles. The van der Waals surface area contributed by atoms with E-state index in [0.717, 1.165) is 0 Å². The molecule has 1 atom stereocenters. The normalized spacial score (nSPS) is 12.1. The van der Waals surface area contributed by atoms with E-state index in [1.807, 2.05) is 13.8 Å². The highest BCUT2D eigenvalue weighted by atomic mass is 35.5. The van der Waals surface area contributed by atoms with E-state index in [9.17, 15) is 9.59 Å². The van der Waals surface area contributed by atoms with E-state index in [1.54, 1.807) is 6.92 Å². The van der Waals surface area contributed by atoms with Crippen LogP contribution < -0.4 is 16.4 Å². The summed E-state index contributed by atoms with van der Waals surface area (Å²) >= 11 is 5.73. The highest BCUT2D eigenvalue weighted by molar-refractivity contribution is 6.29. The van der Waals surface area contributed by atoms with Gasteiger partial charge < -0.3 is 16.4 Å². The fourth-order valence-electron chi connectivity index (χ4n) is 1.45. The van der Waals surface area contributed by atoms with Crippen LogP contribution in [-0.2, 0) is 4.79 Å². The molecule has 7 heteroatoms. The molecule has 0 saturated heterocycles. The number of carbonyl (C=O) groups excluding carboxylic acids is 2. The lowest BCUT2D eigenvalue weighted by Crippen LogP contribution is -2.45. The summed E-state index contributed by atoms with van der Waals surface area (Å²) in [7, 11) is 0. The predicted octanol–water partition coefficient (Wildman–Crippen LogP) is 1.21. The fourth-order valence-corrected chi connectivity index (χ4v) is 1.67. The van der Waals surface area contributed by atoms with Crippen LogP contribution in [0, 0.1) is 5.92 Å². The smallest absolute Gasteiger partial charge is 0.252 e. The number of hydrogen-bond donors (Lipinski definition) is 3. The summed E-state index contributed by atoms with van der Waals surface area (Å²) in [6.45, 7) is 6.16. The van der Waals surface area contributed by atoms with Gasteiger partial charge in [-0.15, -0.1) is 0 Å². The first-order chi connectivity index (χ1) is 9.29. The molecule has 20 heavy (non-hydrogen) atoms. The summed E-state index contributed by atoms with van der Waals surface area (Å²) in [5.74, 6) is -0.159. The molecule has 110 valence electrons. The van der Waals surface area contributed by atoms with Crippen LogP contribution in [0.1, 0.15) is 31.1 Å². The van der Waals surface area contributed by atoms with E-state index in [2.05, 4.69) is 15.6 Å². The van der Waals surface area contributed by atoms with Crippen LogP contribution in [0.25, 0.3) is 0 Å². The Balaban J connectivity index is 2.63. The van der Waals surface area contributed by atoms with Crippen LogP contribution in [0.5, 0.6) is 0 Å². The molecule has 0 spiro atoms. The lowest BCUT2D eigenvalue weighted by Gasteiger charge is -2.15. The molecule has 0 aliphatic rings. The quantitative estimate of drug-likeness (QED) is 0.712. The summed E-state index contributed by atoms with van der Waals surface area (Å²) in [5, 5.41) is 5.46. The molecule has 1 aromatic heterocycles. The van der Waals surface area contributed by atoms with Gasteiger partial charge in [0.2, 0.25) is 5.91 Å². The summed E-state index contributed by atoms with van der Waals surface area (Å²) in [4.78, 5) is 27.5. The molecule has 0 bridgehead atoms. The van der Waals surface area contributed by atoms with Gasteiger partial charge in [0.1, 0.15) is 17.0 Å². The molecule has 1 heterocycles. The minimum Gasteiger partial charge on any atom is -0.384 e. The van der Waals surface area contributed by atoms with Gasteiger partial charge in [-0.1, -0.05) is 25.4 Å². The van der Waals surface area contributed by atoms with Crippen molar-refractivity contribution in [1.29, 1.82) is 0 Å². The number of hydrogen-bond acceptors (Lipinski definition) is 4. The van der Waals surface area contributed by atoms with Crippen molar-refractivity contribution in [3.05, 3.63) is 22.8 Å². The molecule has 0 radical (unpaired) electrons. The number of carbonyl (C=O) groups is 2. The molecule has 1 aromatic rings. The summed E-state index contributed by atoms with van der Waals surface area (Å²) in [5.41, 5.74) is 5.78. The highest BCUT2D eigenvalue weighted by Crippen LogP contribution is 2.12. The van der Waals surface area contributed by atoms with Crippen LogP contribution in [-0.4, -0.2) is 29.4 Å². The van der Waals surface area contributed by atoms with Gasteiger partial charge in [0.05, 0.1) is 0 Å². The Morgan fingerprint density at radius 3 is 2.55 bits per heavy atom. The summed E-state index contributed by atoms with van der Waals surface area (Å²) in [6, 6.07) is 2.15. The Morgan fingerprint density at radius 2 is 2.00 bits per heavy atom. The van der Waals surface area contributed by atoms with Crippen molar-refractivity contribution >= 4 is 29.2 Å². The first-order valence-electron chi connectivity index (χ1n) is 6.31. The second-order valence-electron chi connectivity index (χ2n) is 4.94. The minimum absolute atomic E-state index is 0.132. The second-order valence-corrected chi connectivity index (χ2v) is 5.32. The first kappa shape index (κ1) is 16.2. The number of rotatable bonds is 5. The molecule has 0 aliphatic carbocycles. The maximum Gasteiger partial charge on any atom is 0.252 e. The fraction of sp³-hybridized carbons (Fsp3) is 0.462. The number of halogens is 1. The van der Waals surface area contributed by atoms with E-state index < -0.39 is 11.9 Å². The number of nitrogens with two attached hydrogens (primary N) is 1. The van der Waals surface area contributed by atoms with Crippen molar-refractivity contribution < 1.29 is 9.59 Å². The monoisotopic (exact) mass is 298 g/mol. The predicted molar refractivity (Wildman–Crippen MR) is 78.4 cm³/mol. The van der Waals surface area contributed by atoms with Crippen LogP contribution in [0.2, 0.25) is 5.15 Å². The Hall–Kier alpha value is -1.82. The van der Waals surface area contributed by atoms with Gasteiger partial charge in [-0.25, -0.2) is 4.98 Å². The van der Waals surface area contributed by atoms with Gasteiger partial charge in [-0.3, -0.25) is 9.59 Å². The van der Waals surface area contributed by atoms with Gasteiger partial charge >= 0.3 is 0 Å². The molecule has 1 rings (SSSR count). The second kappa shape index (κ2) is 7.09. The summed E-state index contributed by atoms with van der Waals surface area (Å²) in [6.07, 6.45) is 0. The van der Waals surface area contributed by atoms with Crippen molar-refractivity contribution in [3.63, 3.8) is 0 Å². The maximum absolute atomic E-state index is 12.0. The topological polar surface area (TPSA) is 97.1 Å². The number of nitrogen functional groups attached to an aromatic ring is 1. The molecule has 6 nitrogen and oxygen atoms in total. The van der Waals surface area contributed by atoms with Gasteiger partial charge in [0, 0.05) is 12.1 Å². The van der Waals surface area contributed by atoms with E-state index >= 15 is 0 Å². The number of amides is 2. The molecule has 4 N–H and O–H groups in total. The van der Waals surface area contributed by atoms with Crippen LogP contribution >= 0.6 is 11.6 Å². The van der Waals surface area contributed by atoms with Crippen molar-refractivity contribution in [2.24, 2.45) is 5.92 Å². The van der Waals surface area contributed by atoms with Gasteiger partial charge in [-0.05, 0) is 25.0 Å². The Morgan fingerprint density at radius 1 is 1.35 bits per heavy atom. The molecule has 0 saturated carbocycles. The van der Waals surface area contributed by atoms with Crippen molar-refractivity contribution in [2.75, 3.05) is 12.3 Å². The zero-order chi connectivity index (χ0) is 15.3. The number of nitrogens with one attached hydrogen (secondary N) is 2. The zero-order valence-corrected chi connectivity index (χ0v) is 12.5. The minimum atomic E-state index is -0.644. The third-order valence-corrected chi connectivity index (χ3v) is 2.70. The number of anilines is 1. The number of aromatic nitrogens is 1. The number of nitrogens with zero attached hydrogens (tertiary/aromatic N) is 1. The lowest BCUT2D eigenvalue weighted by atomic mass is 10.2. The SMILES string of the molecule is CC(C)CNC(=O)C(C)NC(=O)c1cc(N)nc(Cl)c1. The number of pyridine rings is 1. The Kier molecular flexibility index (Phi) is 5.76. The molecular weight excluding hydrogens is 280 g/mol. The lowest BCUT2D eigenvalue weighted by molar-refractivity contribution is -0.122. The standard InChI is InChI=1S/C13H19ClN4O2/c1-7(2)6-16-12(19)8(3)17-13(20)9-4-10(14)18-11(15)5-9/h4-5,7-8H,6H2,1-3H3,(H2,15,18)(H,16,19)(H,17,20). The van der Waals surface area contributed by atoms with Gasteiger partial charge in [-0.2, -0.15) is 0 Å². The van der Waals surface area contributed by atoms with E-state index in [4.69, 9.17) is 17.3 Å². The summed E-state index contributed by atoms with van der Waals surface area (Å²) < 4.78 is 0. The Labute approximate surface area is 123 Å². The van der Waals surface area contributed by atoms with Crippen LogP contribution in [0.3, 0.4) is 0 Å². The average molecular weight is 299 g/mol. The van der Waals surface area contributed by atoms with E-state index in [-0.39, 0.29) is 22.4 Å². The molecule has 2 amide bonds. The average Bonchev–Trinajstić information content (AvgIpc) is 2.34. The van der Waals surface area contributed by atoms with E-state index in [1.165, 1.54) is 12.1 Å². The molecule has 0 aromatic carbocycles. The highest BCUT2D eigenvalue weighted by Gasteiger charge is 2.17. The molecular formula is C13H19ClN4O2. The maximum atomic E-state index is 12.0. The first-order valence-corrected chi connectivity index (χ1v) is 6.69. The third-order valence-electron chi connectivity index (χ3n) is 2.50. The van der Waals surface area contributed by atoms with Crippen molar-refractivity contribution in [1.82, 2.24) is 15.6 Å². The van der Waals surface area contributed by atoms with Crippen LogP contribution in [0.15, 0.2) is 12.1 Å². The zero-order valence-electron chi connectivity index (χ0n) is 11.7. The van der Waals surface area contributed by atoms with Gasteiger partial charge in [0.25, 0.3) is 5.91 Å². The largest absolute Gasteiger partial charge is 0.384 e. The van der Waals surface area contributed by atoms with Gasteiger partial charge in [0.15, 0.2) is 0 Å².